The second-order valence-corrected chi connectivity index (χ2v) is 8.09. The first-order valence-corrected chi connectivity index (χ1v) is 11.6. The maximum absolute atomic E-state index is 12.2. The molecule has 0 spiro atoms. The smallest absolute Gasteiger partial charge is 0.244 e. The van der Waals surface area contributed by atoms with Gasteiger partial charge in [0, 0.05) is 58.0 Å². The fourth-order valence-corrected chi connectivity index (χ4v) is 4.09. The lowest BCUT2D eigenvalue weighted by Crippen LogP contribution is -2.47. The molecule has 2 saturated heterocycles. The van der Waals surface area contributed by atoms with Crippen LogP contribution in [0.2, 0.25) is 0 Å². The van der Waals surface area contributed by atoms with E-state index in [4.69, 9.17) is 4.74 Å². The van der Waals surface area contributed by atoms with Crippen LogP contribution in [0.5, 0.6) is 5.75 Å². The van der Waals surface area contributed by atoms with Crippen molar-refractivity contribution in [2.24, 2.45) is 4.99 Å². The number of guanidine groups is 1. The zero-order valence-electron chi connectivity index (χ0n) is 19.1. The van der Waals surface area contributed by atoms with Gasteiger partial charge < -0.3 is 25.2 Å². The molecular weight excluding hydrogens is 392 g/mol. The Morgan fingerprint density at radius 3 is 2.39 bits per heavy atom. The minimum Gasteiger partial charge on any atom is -0.497 e. The van der Waals surface area contributed by atoms with Crippen molar-refractivity contribution in [3.63, 3.8) is 0 Å². The molecule has 2 N–H and O–H groups in total. The molecule has 8 heteroatoms. The van der Waals surface area contributed by atoms with Crippen LogP contribution in [0.1, 0.15) is 26.2 Å². The summed E-state index contributed by atoms with van der Waals surface area (Å²) in [5.74, 6) is 1.76. The average Bonchev–Trinajstić information content (AvgIpc) is 3.35. The van der Waals surface area contributed by atoms with Crippen LogP contribution in [0.15, 0.2) is 29.3 Å². The quantitative estimate of drug-likeness (QED) is 0.350. The number of anilines is 1. The zero-order valence-corrected chi connectivity index (χ0v) is 19.1. The summed E-state index contributed by atoms with van der Waals surface area (Å²) in [6.45, 7) is 11.0. The molecule has 0 unspecified atom stereocenters. The molecule has 2 fully saturated rings. The highest BCUT2D eigenvalue weighted by atomic mass is 16.5. The molecule has 1 amide bonds. The predicted molar refractivity (Wildman–Crippen MR) is 126 cm³/mol. The van der Waals surface area contributed by atoms with Crippen molar-refractivity contribution >= 4 is 17.6 Å². The van der Waals surface area contributed by atoms with Crippen molar-refractivity contribution in [3.05, 3.63) is 24.3 Å². The summed E-state index contributed by atoms with van der Waals surface area (Å²) in [6, 6.07) is 8.31. The van der Waals surface area contributed by atoms with Crippen molar-refractivity contribution in [1.29, 1.82) is 0 Å². The number of likely N-dealkylation sites (tertiary alicyclic amines) is 1. The molecule has 0 aliphatic carbocycles. The minimum absolute atomic E-state index is 0.129. The molecule has 2 aliphatic heterocycles. The number of aliphatic imine (C=N–C) groups is 1. The number of methoxy groups -OCH3 is 1. The average molecular weight is 431 g/mol. The van der Waals surface area contributed by atoms with Crippen LogP contribution in [0, 0.1) is 0 Å². The van der Waals surface area contributed by atoms with Gasteiger partial charge in [-0.2, -0.15) is 0 Å². The molecule has 0 bridgehead atoms. The number of rotatable bonds is 9. The van der Waals surface area contributed by atoms with Crippen molar-refractivity contribution < 1.29 is 9.53 Å². The van der Waals surface area contributed by atoms with E-state index in [1.54, 1.807) is 7.11 Å². The maximum Gasteiger partial charge on any atom is 0.244 e. The fraction of sp³-hybridized carbons (Fsp3) is 0.652. The Morgan fingerprint density at radius 1 is 1.03 bits per heavy atom. The Kier molecular flexibility index (Phi) is 9.27. The third kappa shape index (κ3) is 7.31. The number of hydrogen-bond acceptors (Lipinski definition) is 5. The molecule has 31 heavy (non-hydrogen) atoms. The van der Waals surface area contributed by atoms with Gasteiger partial charge >= 0.3 is 0 Å². The lowest BCUT2D eigenvalue weighted by molar-refractivity contribution is -0.128. The van der Waals surface area contributed by atoms with Gasteiger partial charge in [-0.1, -0.05) is 0 Å². The van der Waals surface area contributed by atoms with Crippen LogP contribution in [-0.4, -0.2) is 94.2 Å². The Balaban J connectivity index is 1.33. The summed E-state index contributed by atoms with van der Waals surface area (Å²) in [5, 5.41) is 6.61. The molecule has 8 nitrogen and oxygen atoms in total. The molecule has 172 valence electrons. The number of amides is 1. The number of carbonyl (C=O) groups is 1. The van der Waals surface area contributed by atoms with Crippen molar-refractivity contribution in [2.75, 3.05) is 77.5 Å². The highest BCUT2D eigenvalue weighted by Crippen LogP contribution is 2.20. The second kappa shape index (κ2) is 12.4. The number of nitrogens with zero attached hydrogens (tertiary/aromatic N) is 4. The summed E-state index contributed by atoms with van der Waals surface area (Å²) in [4.78, 5) is 23.5. The minimum atomic E-state index is 0.129. The molecule has 1 aromatic rings. The topological polar surface area (TPSA) is 72.4 Å². The maximum atomic E-state index is 12.2. The van der Waals surface area contributed by atoms with Gasteiger partial charge in [-0.3, -0.25) is 9.69 Å². The van der Waals surface area contributed by atoms with Crippen LogP contribution >= 0.6 is 0 Å². The Hall–Kier alpha value is -2.48. The molecule has 2 aliphatic rings. The first-order valence-electron chi connectivity index (χ1n) is 11.6. The van der Waals surface area contributed by atoms with E-state index in [9.17, 15) is 4.79 Å². The van der Waals surface area contributed by atoms with Gasteiger partial charge in [0.25, 0.3) is 0 Å². The molecule has 3 rings (SSSR count). The molecule has 0 radical (unpaired) electrons. The lowest BCUT2D eigenvalue weighted by Gasteiger charge is -2.36. The van der Waals surface area contributed by atoms with E-state index < -0.39 is 0 Å². The zero-order chi connectivity index (χ0) is 21.9. The van der Waals surface area contributed by atoms with Crippen LogP contribution in [-0.2, 0) is 4.79 Å². The van der Waals surface area contributed by atoms with E-state index in [2.05, 4.69) is 37.6 Å². The number of piperazine rings is 1. The third-order valence-corrected chi connectivity index (χ3v) is 5.93. The van der Waals surface area contributed by atoms with Gasteiger partial charge in [0.05, 0.1) is 7.11 Å². The number of ether oxygens (including phenoxy) is 1. The summed E-state index contributed by atoms with van der Waals surface area (Å²) >= 11 is 0. The Labute approximate surface area is 186 Å². The van der Waals surface area contributed by atoms with Crippen LogP contribution < -0.4 is 20.3 Å². The molecule has 1 aromatic carbocycles. The van der Waals surface area contributed by atoms with Crippen molar-refractivity contribution in [2.45, 2.75) is 26.2 Å². The number of hydrogen-bond donors (Lipinski definition) is 2. The second-order valence-electron chi connectivity index (χ2n) is 8.09. The monoisotopic (exact) mass is 430 g/mol. The standard InChI is InChI=1S/C23H38N6O2/c1-3-24-23(26-19-22(30)29-13-4-5-14-29)25-11-6-12-27-15-17-28(18-16-27)20-7-9-21(31-2)10-8-20/h7-10H,3-6,11-19H2,1-2H3,(H2,24,25,26). The van der Waals surface area contributed by atoms with Crippen molar-refractivity contribution in [1.82, 2.24) is 20.4 Å². The van der Waals surface area contributed by atoms with Crippen LogP contribution in [0.4, 0.5) is 5.69 Å². The van der Waals surface area contributed by atoms with Crippen LogP contribution in [0.3, 0.4) is 0 Å². The van der Waals surface area contributed by atoms with Gasteiger partial charge in [-0.05, 0) is 57.0 Å². The normalized spacial score (nSPS) is 17.7. The molecule has 0 atom stereocenters. The SMILES string of the molecule is CCNC(=NCC(=O)N1CCCC1)NCCCN1CCN(c2ccc(OC)cc2)CC1. The van der Waals surface area contributed by atoms with Gasteiger partial charge in [0.2, 0.25) is 5.91 Å². The highest BCUT2D eigenvalue weighted by Gasteiger charge is 2.18. The van der Waals surface area contributed by atoms with E-state index in [-0.39, 0.29) is 12.5 Å². The Morgan fingerprint density at radius 2 is 1.74 bits per heavy atom. The van der Waals surface area contributed by atoms with E-state index in [0.29, 0.717) is 0 Å². The molecular formula is C23H38N6O2. The first kappa shape index (κ1) is 23.2. The summed E-state index contributed by atoms with van der Waals surface area (Å²) in [7, 11) is 1.70. The van der Waals surface area contributed by atoms with E-state index in [0.717, 1.165) is 89.9 Å². The molecule has 2 heterocycles. The first-order chi connectivity index (χ1) is 15.2. The number of carbonyl (C=O) groups excluding carboxylic acids is 1. The molecule has 0 aromatic heterocycles. The van der Waals surface area contributed by atoms with Crippen molar-refractivity contribution in [3.8, 4) is 5.75 Å². The third-order valence-electron chi connectivity index (χ3n) is 5.93. The fourth-order valence-electron chi connectivity index (χ4n) is 4.09. The predicted octanol–water partition coefficient (Wildman–Crippen LogP) is 1.38. The largest absolute Gasteiger partial charge is 0.497 e. The lowest BCUT2D eigenvalue weighted by atomic mass is 10.2. The van der Waals surface area contributed by atoms with Gasteiger partial charge in [0.1, 0.15) is 12.3 Å². The summed E-state index contributed by atoms with van der Waals surface area (Å²) in [5.41, 5.74) is 1.26. The van der Waals surface area contributed by atoms with E-state index in [1.165, 1.54) is 5.69 Å². The van der Waals surface area contributed by atoms with Gasteiger partial charge in [-0.25, -0.2) is 4.99 Å². The molecule has 0 saturated carbocycles. The number of benzene rings is 1. The van der Waals surface area contributed by atoms with E-state index in [1.807, 2.05) is 24.0 Å². The highest BCUT2D eigenvalue weighted by molar-refractivity contribution is 5.85. The summed E-state index contributed by atoms with van der Waals surface area (Å²) in [6.07, 6.45) is 3.28. The Bertz CT molecular complexity index is 695. The number of nitrogens with one attached hydrogen (secondary N) is 2. The van der Waals surface area contributed by atoms with Gasteiger partial charge in [0.15, 0.2) is 5.96 Å². The van der Waals surface area contributed by atoms with Gasteiger partial charge in [-0.15, -0.1) is 0 Å². The van der Waals surface area contributed by atoms with E-state index >= 15 is 0 Å². The van der Waals surface area contributed by atoms with Crippen LogP contribution in [0.25, 0.3) is 0 Å². The summed E-state index contributed by atoms with van der Waals surface area (Å²) < 4.78 is 5.25.